The standard InChI is InChI=1S/C12H13FO3/c1-7-5-8(3-4-9(7)13)16-11-6-10(14)12(11)15-2/h3-5,11-12H,6H2,1-2H3. The fourth-order valence-electron chi connectivity index (χ4n) is 1.72. The summed E-state index contributed by atoms with van der Waals surface area (Å²) in [6.07, 6.45) is -0.373. The smallest absolute Gasteiger partial charge is 0.169 e. The summed E-state index contributed by atoms with van der Waals surface area (Å²) in [4.78, 5) is 11.1. The molecule has 0 aromatic heterocycles. The largest absolute Gasteiger partial charge is 0.487 e. The summed E-state index contributed by atoms with van der Waals surface area (Å²) in [7, 11) is 1.48. The Hall–Kier alpha value is -1.42. The van der Waals surface area contributed by atoms with Gasteiger partial charge in [-0.1, -0.05) is 0 Å². The molecule has 4 heteroatoms. The zero-order chi connectivity index (χ0) is 11.7. The number of carbonyl (C=O) groups is 1. The third-order valence-corrected chi connectivity index (χ3v) is 2.73. The lowest BCUT2D eigenvalue weighted by molar-refractivity contribution is -0.150. The van der Waals surface area contributed by atoms with Gasteiger partial charge < -0.3 is 9.47 Å². The molecule has 1 fully saturated rings. The Labute approximate surface area is 93.2 Å². The molecule has 2 unspecified atom stereocenters. The summed E-state index contributed by atoms with van der Waals surface area (Å²) in [5.74, 6) is 0.352. The number of benzene rings is 1. The molecule has 0 radical (unpaired) electrons. The maximum atomic E-state index is 13.0. The van der Waals surface area contributed by atoms with Crippen LogP contribution < -0.4 is 4.74 Å². The minimum atomic E-state index is -0.481. The van der Waals surface area contributed by atoms with Crippen molar-refractivity contribution < 1.29 is 18.7 Å². The highest BCUT2D eigenvalue weighted by Crippen LogP contribution is 2.26. The van der Waals surface area contributed by atoms with Gasteiger partial charge in [0, 0.05) is 13.5 Å². The molecule has 0 heterocycles. The van der Waals surface area contributed by atoms with E-state index in [4.69, 9.17) is 9.47 Å². The molecule has 1 aromatic rings. The summed E-state index contributed by atoms with van der Waals surface area (Å²) in [5, 5.41) is 0. The van der Waals surface area contributed by atoms with E-state index < -0.39 is 6.10 Å². The minimum Gasteiger partial charge on any atom is -0.487 e. The maximum absolute atomic E-state index is 13.0. The van der Waals surface area contributed by atoms with Crippen molar-refractivity contribution in [2.24, 2.45) is 0 Å². The predicted octanol–water partition coefficient (Wildman–Crippen LogP) is 1.87. The van der Waals surface area contributed by atoms with Crippen LogP contribution in [0.3, 0.4) is 0 Å². The number of Topliss-reactive ketones (excluding diaryl/α,β-unsaturated/α-hetero) is 1. The van der Waals surface area contributed by atoms with E-state index in [1.54, 1.807) is 19.1 Å². The molecule has 16 heavy (non-hydrogen) atoms. The third-order valence-electron chi connectivity index (χ3n) is 2.73. The Bertz CT molecular complexity index is 417. The van der Waals surface area contributed by atoms with Crippen LogP contribution in [-0.2, 0) is 9.53 Å². The van der Waals surface area contributed by atoms with Gasteiger partial charge in [0.1, 0.15) is 17.7 Å². The number of hydrogen-bond acceptors (Lipinski definition) is 3. The van der Waals surface area contributed by atoms with Crippen molar-refractivity contribution in [2.45, 2.75) is 25.6 Å². The van der Waals surface area contributed by atoms with Crippen molar-refractivity contribution in [2.75, 3.05) is 7.11 Å². The van der Waals surface area contributed by atoms with Crippen LogP contribution in [0.5, 0.6) is 5.75 Å². The molecule has 1 aromatic carbocycles. The summed E-state index contributed by atoms with van der Waals surface area (Å²) in [6.45, 7) is 1.67. The quantitative estimate of drug-likeness (QED) is 0.786. The van der Waals surface area contributed by atoms with Gasteiger partial charge in [-0.3, -0.25) is 4.79 Å². The summed E-state index contributed by atoms with van der Waals surface area (Å²) in [5.41, 5.74) is 0.525. The molecule has 0 saturated heterocycles. The van der Waals surface area contributed by atoms with Crippen molar-refractivity contribution >= 4 is 5.78 Å². The lowest BCUT2D eigenvalue weighted by Gasteiger charge is -2.33. The molecular formula is C12H13FO3. The van der Waals surface area contributed by atoms with E-state index in [0.717, 1.165) is 0 Å². The van der Waals surface area contributed by atoms with Crippen molar-refractivity contribution in [3.05, 3.63) is 29.6 Å². The molecule has 3 nitrogen and oxygen atoms in total. The molecular weight excluding hydrogens is 211 g/mol. The molecule has 0 aliphatic heterocycles. The molecule has 1 saturated carbocycles. The number of ether oxygens (including phenoxy) is 2. The summed E-state index contributed by atoms with van der Waals surface area (Å²) < 4.78 is 23.5. The van der Waals surface area contributed by atoms with Gasteiger partial charge in [-0.25, -0.2) is 4.39 Å². The molecule has 0 amide bonds. The maximum Gasteiger partial charge on any atom is 0.169 e. The molecule has 0 N–H and O–H groups in total. The van der Waals surface area contributed by atoms with Crippen LogP contribution in [0.2, 0.25) is 0 Å². The van der Waals surface area contributed by atoms with E-state index in [9.17, 15) is 9.18 Å². The first kappa shape index (κ1) is 11.1. The minimum absolute atomic E-state index is 0.0475. The van der Waals surface area contributed by atoms with Crippen LogP contribution in [-0.4, -0.2) is 25.1 Å². The fourth-order valence-corrected chi connectivity index (χ4v) is 1.72. The number of halogens is 1. The van der Waals surface area contributed by atoms with E-state index in [-0.39, 0.29) is 17.7 Å². The number of aryl methyl sites for hydroxylation is 1. The second-order valence-electron chi connectivity index (χ2n) is 3.89. The van der Waals surface area contributed by atoms with Gasteiger partial charge in [0.05, 0.1) is 0 Å². The number of carbonyl (C=O) groups excluding carboxylic acids is 1. The first-order valence-electron chi connectivity index (χ1n) is 5.10. The molecule has 1 aliphatic carbocycles. The predicted molar refractivity (Wildman–Crippen MR) is 56.0 cm³/mol. The highest BCUT2D eigenvalue weighted by Gasteiger charge is 2.41. The highest BCUT2D eigenvalue weighted by atomic mass is 19.1. The summed E-state index contributed by atoms with van der Waals surface area (Å²) >= 11 is 0. The molecule has 0 bridgehead atoms. The Morgan fingerprint density at radius 3 is 2.75 bits per heavy atom. The zero-order valence-electron chi connectivity index (χ0n) is 9.20. The molecule has 2 rings (SSSR count). The number of hydrogen-bond donors (Lipinski definition) is 0. The lowest BCUT2D eigenvalue weighted by Crippen LogP contribution is -2.51. The highest BCUT2D eigenvalue weighted by molar-refractivity contribution is 5.90. The van der Waals surface area contributed by atoms with E-state index in [0.29, 0.717) is 17.7 Å². The average molecular weight is 224 g/mol. The number of methoxy groups -OCH3 is 1. The zero-order valence-corrected chi connectivity index (χ0v) is 9.20. The van der Waals surface area contributed by atoms with Gasteiger partial charge >= 0.3 is 0 Å². The van der Waals surface area contributed by atoms with Gasteiger partial charge in [-0.2, -0.15) is 0 Å². The number of ketones is 1. The van der Waals surface area contributed by atoms with Gasteiger partial charge in [0.2, 0.25) is 0 Å². The SMILES string of the molecule is COC1C(=O)CC1Oc1ccc(F)c(C)c1. The third kappa shape index (κ3) is 1.93. The van der Waals surface area contributed by atoms with E-state index in [1.807, 2.05) is 0 Å². The van der Waals surface area contributed by atoms with Gasteiger partial charge in [0.15, 0.2) is 11.9 Å². The lowest BCUT2D eigenvalue weighted by atomic mass is 9.90. The van der Waals surface area contributed by atoms with Gasteiger partial charge in [0.25, 0.3) is 0 Å². The van der Waals surface area contributed by atoms with Crippen LogP contribution in [0.15, 0.2) is 18.2 Å². The van der Waals surface area contributed by atoms with Crippen LogP contribution in [0.25, 0.3) is 0 Å². The molecule has 0 spiro atoms. The molecule has 2 atom stereocenters. The summed E-state index contributed by atoms with van der Waals surface area (Å²) in [6, 6.07) is 4.52. The van der Waals surface area contributed by atoms with Crippen molar-refractivity contribution in [1.29, 1.82) is 0 Å². The molecule has 1 aliphatic rings. The van der Waals surface area contributed by atoms with Crippen molar-refractivity contribution in [1.82, 2.24) is 0 Å². The molecule has 86 valence electrons. The first-order chi connectivity index (χ1) is 7.61. The second kappa shape index (κ2) is 4.22. The second-order valence-corrected chi connectivity index (χ2v) is 3.89. The Morgan fingerprint density at radius 1 is 1.44 bits per heavy atom. The van der Waals surface area contributed by atoms with Crippen molar-refractivity contribution in [3.8, 4) is 5.75 Å². The Morgan fingerprint density at radius 2 is 2.19 bits per heavy atom. The van der Waals surface area contributed by atoms with Crippen LogP contribution in [0, 0.1) is 12.7 Å². The Balaban J connectivity index is 2.05. The van der Waals surface area contributed by atoms with Crippen molar-refractivity contribution in [3.63, 3.8) is 0 Å². The topological polar surface area (TPSA) is 35.5 Å². The Kier molecular flexibility index (Phi) is 2.92. The van der Waals surface area contributed by atoms with E-state index >= 15 is 0 Å². The average Bonchev–Trinajstić information content (AvgIpc) is 2.23. The normalized spacial score (nSPS) is 24.1. The van der Waals surface area contributed by atoms with E-state index in [2.05, 4.69) is 0 Å². The van der Waals surface area contributed by atoms with E-state index in [1.165, 1.54) is 13.2 Å². The van der Waals surface area contributed by atoms with Crippen LogP contribution in [0.1, 0.15) is 12.0 Å². The number of rotatable bonds is 3. The van der Waals surface area contributed by atoms with Crippen LogP contribution >= 0.6 is 0 Å². The van der Waals surface area contributed by atoms with Crippen LogP contribution in [0.4, 0.5) is 4.39 Å². The first-order valence-corrected chi connectivity index (χ1v) is 5.10. The van der Waals surface area contributed by atoms with Gasteiger partial charge in [-0.05, 0) is 30.7 Å². The fraction of sp³-hybridized carbons (Fsp3) is 0.417. The monoisotopic (exact) mass is 224 g/mol. The van der Waals surface area contributed by atoms with Gasteiger partial charge in [-0.15, -0.1) is 0 Å².